The zero-order valence-corrected chi connectivity index (χ0v) is 11.2. The van der Waals surface area contributed by atoms with Crippen molar-refractivity contribution in [3.05, 3.63) is 24.3 Å². The summed E-state index contributed by atoms with van der Waals surface area (Å²) < 4.78 is 10.4. The number of aliphatic hydroxyl groups is 1. The molecule has 1 aromatic carbocycles. The minimum atomic E-state index is -0.429. The highest BCUT2D eigenvalue weighted by Crippen LogP contribution is 2.25. The number of anilines is 2. The van der Waals surface area contributed by atoms with Crippen LogP contribution in [-0.2, 0) is 9.47 Å². The lowest BCUT2D eigenvalue weighted by atomic mass is 10.2. The lowest BCUT2D eigenvalue weighted by Crippen LogP contribution is -2.36. The SMILES string of the molecule is O=C1O[C@@H](CO)CN1c1ccc(N2CCOCC2)cc1. The third-order valence-corrected chi connectivity index (χ3v) is 3.62. The summed E-state index contributed by atoms with van der Waals surface area (Å²) in [4.78, 5) is 15.5. The van der Waals surface area contributed by atoms with Gasteiger partial charge in [0.25, 0.3) is 0 Å². The van der Waals surface area contributed by atoms with Crippen LogP contribution in [0.1, 0.15) is 0 Å². The Morgan fingerprint density at radius 2 is 1.80 bits per heavy atom. The second-order valence-corrected chi connectivity index (χ2v) is 4.91. The van der Waals surface area contributed by atoms with Gasteiger partial charge in [-0.25, -0.2) is 4.79 Å². The smallest absolute Gasteiger partial charge is 0.414 e. The van der Waals surface area contributed by atoms with E-state index in [-0.39, 0.29) is 6.61 Å². The first kappa shape index (κ1) is 13.2. The molecular formula is C14H18N2O4. The van der Waals surface area contributed by atoms with Crippen LogP contribution in [0.15, 0.2) is 24.3 Å². The fraction of sp³-hybridized carbons (Fsp3) is 0.500. The number of cyclic esters (lactones) is 1. The third kappa shape index (κ3) is 2.57. The van der Waals surface area contributed by atoms with E-state index in [0.717, 1.165) is 37.7 Å². The molecule has 1 atom stereocenters. The van der Waals surface area contributed by atoms with E-state index in [2.05, 4.69) is 4.90 Å². The fourth-order valence-corrected chi connectivity index (χ4v) is 2.49. The summed E-state index contributed by atoms with van der Waals surface area (Å²) in [5.41, 5.74) is 1.92. The Hall–Kier alpha value is -1.79. The molecule has 3 rings (SSSR count). The van der Waals surface area contributed by atoms with Crippen molar-refractivity contribution in [1.29, 1.82) is 0 Å². The van der Waals surface area contributed by atoms with Crippen LogP contribution in [-0.4, -0.2) is 56.8 Å². The van der Waals surface area contributed by atoms with Gasteiger partial charge >= 0.3 is 6.09 Å². The lowest BCUT2D eigenvalue weighted by molar-refractivity contribution is 0.0963. The van der Waals surface area contributed by atoms with Gasteiger partial charge in [0.15, 0.2) is 0 Å². The number of benzene rings is 1. The van der Waals surface area contributed by atoms with Crippen LogP contribution >= 0.6 is 0 Å². The maximum Gasteiger partial charge on any atom is 0.414 e. The number of nitrogens with zero attached hydrogens (tertiary/aromatic N) is 2. The van der Waals surface area contributed by atoms with Crippen LogP contribution in [0.2, 0.25) is 0 Å². The predicted octanol–water partition coefficient (Wildman–Crippen LogP) is 0.841. The van der Waals surface area contributed by atoms with Gasteiger partial charge < -0.3 is 19.5 Å². The van der Waals surface area contributed by atoms with Gasteiger partial charge in [0.1, 0.15) is 6.10 Å². The number of amides is 1. The number of aliphatic hydroxyl groups excluding tert-OH is 1. The topological polar surface area (TPSA) is 62.2 Å². The standard InChI is InChI=1S/C14H18N2O4/c17-10-13-9-16(14(18)20-13)12-3-1-11(2-4-12)15-5-7-19-8-6-15/h1-4,13,17H,5-10H2/t13-/m1/s1. The summed E-state index contributed by atoms with van der Waals surface area (Å²) in [7, 11) is 0. The van der Waals surface area contributed by atoms with Crippen LogP contribution in [0, 0.1) is 0 Å². The van der Waals surface area contributed by atoms with E-state index in [0.29, 0.717) is 6.54 Å². The molecule has 1 N–H and O–H groups in total. The Kier molecular flexibility index (Phi) is 3.75. The maximum atomic E-state index is 11.7. The number of morpholine rings is 1. The van der Waals surface area contributed by atoms with Crippen molar-refractivity contribution in [2.45, 2.75) is 6.10 Å². The van der Waals surface area contributed by atoms with Gasteiger partial charge in [-0.2, -0.15) is 0 Å². The molecule has 1 aromatic rings. The van der Waals surface area contributed by atoms with Crippen LogP contribution in [0.25, 0.3) is 0 Å². The van der Waals surface area contributed by atoms with Gasteiger partial charge in [0.2, 0.25) is 0 Å². The molecule has 2 aliphatic rings. The van der Waals surface area contributed by atoms with Crippen LogP contribution in [0.4, 0.5) is 16.2 Å². The molecular weight excluding hydrogens is 260 g/mol. The Labute approximate surface area is 117 Å². The molecule has 0 unspecified atom stereocenters. The van der Waals surface area contributed by atoms with Crippen molar-refractivity contribution in [1.82, 2.24) is 0 Å². The van der Waals surface area contributed by atoms with E-state index in [1.807, 2.05) is 24.3 Å². The monoisotopic (exact) mass is 278 g/mol. The lowest BCUT2D eigenvalue weighted by Gasteiger charge is -2.29. The van der Waals surface area contributed by atoms with E-state index in [4.69, 9.17) is 14.6 Å². The third-order valence-electron chi connectivity index (χ3n) is 3.62. The molecule has 0 saturated carbocycles. The molecule has 108 valence electrons. The van der Waals surface area contributed by atoms with Crippen molar-refractivity contribution < 1.29 is 19.4 Å². The second kappa shape index (κ2) is 5.68. The second-order valence-electron chi connectivity index (χ2n) is 4.91. The van der Waals surface area contributed by atoms with Crippen molar-refractivity contribution in [2.75, 3.05) is 49.3 Å². The highest BCUT2D eigenvalue weighted by Gasteiger charge is 2.31. The zero-order chi connectivity index (χ0) is 13.9. The molecule has 6 nitrogen and oxygen atoms in total. The molecule has 2 fully saturated rings. The van der Waals surface area contributed by atoms with E-state index in [1.54, 1.807) is 4.90 Å². The summed E-state index contributed by atoms with van der Waals surface area (Å²) in [6.45, 7) is 3.52. The van der Waals surface area contributed by atoms with E-state index >= 15 is 0 Å². The van der Waals surface area contributed by atoms with Crippen molar-refractivity contribution >= 4 is 17.5 Å². The Morgan fingerprint density at radius 1 is 1.15 bits per heavy atom. The maximum absolute atomic E-state index is 11.7. The van der Waals surface area contributed by atoms with Gasteiger partial charge in [-0.1, -0.05) is 0 Å². The first-order valence-corrected chi connectivity index (χ1v) is 6.79. The van der Waals surface area contributed by atoms with Crippen LogP contribution < -0.4 is 9.80 Å². The highest BCUT2D eigenvalue weighted by molar-refractivity contribution is 5.90. The number of rotatable bonds is 3. The Morgan fingerprint density at radius 3 is 2.40 bits per heavy atom. The van der Waals surface area contributed by atoms with Crippen molar-refractivity contribution in [2.24, 2.45) is 0 Å². The number of ether oxygens (including phenoxy) is 2. The Balaban J connectivity index is 1.71. The quantitative estimate of drug-likeness (QED) is 0.887. The van der Waals surface area contributed by atoms with E-state index in [9.17, 15) is 4.79 Å². The van der Waals surface area contributed by atoms with Crippen molar-refractivity contribution in [3.63, 3.8) is 0 Å². The molecule has 2 heterocycles. The van der Waals surface area contributed by atoms with Gasteiger partial charge in [-0.3, -0.25) is 4.90 Å². The minimum absolute atomic E-state index is 0.145. The molecule has 2 saturated heterocycles. The van der Waals surface area contributed by atoms with Gasteiger partial charge in [-0.15, -0.1) is 0 Å². The first-order chi connectivity index (χ1) is 9.78. The van der Waals surface area contributed by atoms with Gasteiger partial charge in [0.05, 0.1) is 26.4 Å². The molecule has 0 aliphatic carbocycles. The molecule has 20 heavy (non-hydrogen) atoms. The number of hydrogen-bond donors (Lipinski definition) is 1. The molecule has 1 amide bonds. The fourth-order valence-electron chi connectivity index (χ4n) is 2.49. The average molecular weight is 278 g/mol. The number of carbonyl (C=O) groups is 1. The van der Waals surface area contributed by atoms with Gasteiger partial charge in [-0.05, 0) is 24.3 Å². The van der Waals surface area contributed by atoms with Crippen LogP contribution in [0.5, 0.6) is 0 Å². The molecule has 0 spiro atoms. The number of carbonyl (C=O) groups excluding carboxylic acids is 1. The molecule has 2 aliphatic heterocycles. The summed E-state index contributed by atoms with van der Waals surface area (Å²) >= 11 is 0. The predicted molar refractivity (Wildman–Crippen MR) is 74.2 cm³/mol. The summed E-state index contributed by atoms with van der Waals surface area (Å²) in [5, 5.41) is 9.04. The van der Waals surface area contributed by atoms with Crippen LogP contribution in [0.3, 0.4) is 0 Å². The number of hydrogen-bond acceptors (Lipinski definition) is 5. The molecule has 6 heteroatoms. The van der Waals surface area contributed by atoms with Gasteiger partial charge in [0, 0.05) is 24.5 Å². The summed E-state index contributed by atoms with van der Waals surface area (Å²) in [6.07, 6.45) is -0.829. The Bertz CT molecular complexity index is 471. The highest BCUT2D eigenvalue weighted by atomic mass is 16.6. The minimum Gasteiger partial charge on any atom is -0.441 e. The summed E-state index contributed by atoms with van der Waals surface area (Å²) in [5.74, 6) is 0. The normalized spacial score (nSPS) is 23.1. The zero-order valence-electron chi connectivity index (χ0n) is 11.2. The molecule has 0 radical (unpaired) electrons. The average Bonchev–Trinajstić information content (AvgIpc) is 2.89. The molecule has 0 bridgehead atoms. The largest absolute Gasteiger partial charge is 0.441 e. The summed E-state index contributed by atoms with van der Waals surface area (Å²) in [6, 6.07) is 7.82. The molecule has 0 aromatic heterocycles. The van der Waals surface area contributed by atoms with E-state index < -0.39 is 12.2 Å². The van der Waals surface area contributed by atoms with Crippen molar-refractivity contribution in [3.8, 4) is 0 Å². The first-order valence-electron chi connectivity index (χ1n) is 6.79. The van der Waals surface area contributed by atoms with E-state index in [1.165, 1.54) is 0 Å².